The number of aromatic amines is 1. The van der Waals surface area contributed by atoms with E-state index >= 15 is 0 Å². The Morgan fingerprint density at radius 3 is 2.73 bits per heavy atom. The highest BCUT2D eigenvalue weighted by Gasteiger charge is 2.25. The molecule has 0 atom stereocenters. The summed E-state index contributed by atoms with van der Waals surface area (Å²) < 4.78 is 13.8. The second kappa shape index (κ2) is 7.12. The molecule has 0 aliphatic carbocycles. The zero-order valence-corrected chi connectivity index (χ0v) is 15.1. The summed E-state index contributed by atoms with van der Waals surface area (Å²) in [6.45, 7) is 1.41. The summed E-state index contributed by atoms with van der Waals surface area (Å²) in [4.78, 5) is 17.6. The molecule has 0 spiro atoms. The van der Waals surface area contributed by atoms with E-state index in [1.165, 1.54) is 17.0 Å². The molecule has 2 heterocycles. The van der Waals surface area contributed by atoms with Gasteiger partial charge in [0.15, 0.2) is 0 Å². The topological polar surface area (TPSA) is 36.1 Å². The molecule has 0 bridgehead atoms. The van der Waals surface area contributed by atoms with E-state index in [1.807, 2.05) is 17.0 Å². The molecule has 1 aliphatic rings. The molecule has 1 amide bonds. The number of nitrogens with one attached hydrogen (secondary N) is 1. The van der Waals surface area contributed by atoms with Gasteiger partial charge in [-0.15, -0.1) is 0 Å². The molecule has 1 aromatic heterocycles. The molecular weight excluding hydrogens is 351 g/mol. The normalized spacial score (nSPS) is 15.5. The van der Waals surface area contributed by atoms with Crippen molar-refractivity contribution in [1.29, 1.82) is 0 Å². The van der Waals surface area contributed by atoms with Crippen molar-refractivity contribution >= 4 is 28.4 Å². The van der Waals surface area contributed by atoms with Crippen LogP contribution in [-0.2, 0) is 11.2 Å². The summed E-state index contributed by atoms with van der Waals surface area (Å²) in [6.07, 6.45) is 4.02. The standard InChI is InChI=1S/C21H20ClFN2O/c22-16-5-6-17-18(13-24-20(17)12-16)14-7-9-25(10-8-14)21(26)11-15-3-1-2-4-19(15)23/h1-6,12-14,24H,7-11H2. The maximum absolute atomic E-state index is 13.8. The number of benzene rings is 2. The largest absolute Gasteiger partial charge is 0.361 e. The maximum Gasteiger partial charge on any atom is 0.227 e. The summed E-state index contributed by atoms with van der Waals surface area (Å²) in [5.41, 5.74) is 2.80. The van der Waals surface area contributed by atoms with Gasteiger partial charge >= 0.3 is 0 Å². The zero-order chi connectivity index (χ0) is 18.1. The Morgan fingerprint density at radius 1 is 1.19 bits per heavy atom. The van der Waals surface area contributed by atoms with Crippen molar-refractivity contribution in [3.63, 3.8) is 0 Å². The molecule has 5 heteroatoms. The fourth-order valence-corrected chi connectivity index (χ4v) is 3.99. The van der Waals surface area contributed by atoms with Gasteiger partial charge in [-0.1, -0.05) is 35.9 Å². The Hall–Kier alpha value is -2.33. The van der Waals surface area contributed by atoms with Crippen molar-refractivity contribution < 1.29 is 9.18 Å². The van der Waals surface area contributed by atoms with Crippen LogP contribution in [0.4, 0.5) is 4.39 Å². The van der Waals surface area contributed by atoms with Crippen molar-refractivity contribution in [2.24, 2.45) is 0 Å². The van der Waals surface area contributed by atoms with Crippen LogP contribution in [0.25, 0.3) is 10.9 Å². The van der Waals surface area contributed by atoms with Gasteiger partial charge in [0.05, 0.1) is 6.42 Å². The van der Waals surface area contributed by atoms with Gasteiger partial charge in [0.2, 0.25) is 5.91 Å². The molecule has 1 aliphatic heterocycles. The molecule has 0 radical (unpaired) electrons. The Bertz CT molecular complexity index is 944. The molecule has 0 saturated carbocycles. The van der Waals surface area contributed by atoms with Gasteiger partial charge < -0.3 is 9.88 Å². The molecule has 26 heavy (non-hydrogen) atoms. The van der Waals surface area contributed by atoms with E-state index in [9.17, 15) is 9.18 Å². The smallest absolute Gasteiger partial charge is 0.227 e. The average Bonchev–Trinajstić information content (AvgIpc) is 3.06. The van der Waals surface area contributed by atoms with Crippen LogP contribution < -0.4 is 0 Å². The van der Waals surface area contributed by atoms with E-state index in [1.54, 1.807) is 18.2 Å². The summed E-state index contributed by atoms with van der Waals surface area (Å²) in [7, 11) is 0. The maximum atomic E-state index is 13.8. The monoisotopic (exact) mass is 370 g/mol. The Kier molecular flexibility index (Phi) is 4.68. The van der Waals surface area contributed by atoms with Crippen molar-refractivity contribution in [3.8, 4) is 0 Å². The minimum absolute atomic E-state index is 0.000687. The predicted molar refractivity (Wildman–Crippen MR) is 102 cm³/mol. The van der Waals surface area contributed by atoms with Gasteiger partial charge in [-0.3, -0.25) is 4.79 Å². The first kappa shape index (κ1) is 17.1. The van der Waals surface area contributed by atoms with Crippen molar-refractivity contribution in [2.45, 2.75) is 25.2 Å². The zero-order valence-electron chi connectivity index (χ0n) is 14.3. The van der Waals surface area contributed by atoms with Crippen LogP contribution in [-0.4, -0.2) is 28.9 Å². The molecule has 1 saturated heterocycles. The van der Waals surface area contributed by atoms with Crippen molar-refractivity contribution in [1.82, 2.24) is 9.88 Å². The number of aromatic nitrogens is 1. The van der Waals surface area contributed by atoms with Crippen molar-refractivity contribution in [3.05, 3.63) is 70.6 Å². The minimum Gasteiger partial charge on any atom is -0.361 e. The van der Waals surface area contributed by atoms with E-state index in [0.29, 0.717) is 24.6 Å². The average molecular weight is 371 g/mol. The number of hydrogen-bond acceptors (Lipinski definition) is 1. The molecule has 3 nitrogen and oxygen atoms in total. The van der Waals surface area contributed by atoms with Crippen LogP contribution in [0.15, 0.2) is 48.7 Å². The van der Waals surface area contributed by atoms with Crippen molar-refractivity contribution in [2.75, 3.05) is 13.1 Å². The molecule has 3 aromatic rings. The molecule has 4 rings (SSSR count). The Balaban J connectivity index is 1.42. The SMILES string of the molecule is O=C(Cc1ccccc1F)N1CCC(c2c[nH]c3cc(Cl)ccc23)CC1. The van der Waals surface area contributed by atoms with Gasteiger partial charge in [0.1, 0.15) is 5.82 Å². The number of nitrogens with zero attached hydrogens (tertiary/aromatic N) is 1. The summed E-state index contributed by atoms with van der Waals surface area (Å²) >= 11 is 6.05. The van der Waals surface area contributed by atoms with Gasteiger partial charge in [-0.05, 0) is 48.1 Å². The lowest BCUT2D eigenvalue weighted by molar-refractivity contribution is -0.131. The van der Waals surface area contributed by atoms with Crippen LogP contribution in [0.3, 0.4) is 0 Å². The van der Waals surface area contributed by atoms with Crippen LogP contribution in [0.1, 0.15) is 29.9 Å². The van der Waals surface area contributed by atoms with E-state index in [-0.39, 0.29) is 18.1 Å². The van der Waals surface area contributed by atoms with E-state index in [4.69, 9.17) is 11.6 Å². The van der Waals surface area contributed by atoms with Gasteiger partial charge in [-0.25, -0.2) is 4.39 Å². The van der Waals surface area contributed by atoms with Crippen LogP contribution >= 0.6 is 11.6 Å². The number of hydrogen-bond donors (Lipinski definition) is 1. The number of likely N-dealkylation sites (tertiary alicyclic amines) is 1. The number of halogens is 2. The van der Waals surface area contributed by atoms with Gasteiger partial charge in [0, 0.05) is 35.2 Å². The highest BCUT2D eigenvalue weighted by molar-refractivity contribution is 6.31. The fraction of sp³-hybridized carbons (Fsp3) is 0.286. The quantitative estimate of drug-likeness (QED) is 0.698. The third-order valence-corrected chi connectivity index (χ3v) is 5.50. The van der Waals surface area contributed by atoms with Crippen LogP contribution in [0, 0.1) is 5.82 Å². The van der Waals surface area contributed by atoms with Gasteiger partial charge in [0.25, 0.3) is 0 Å². The molecule has 1 N–H and O–H groups in total. The van der Waals surface area contributed by atoms with E-state index in [0.717, 1.165) is 23.4 Å². The van der Waals surface area contributed by atoms with E-state index < -0.39 is 0 Å². The first-order valence-corrected chi connectivity index (χ1v) is 9.27. The summed E-state index contributed by atoms with van der Waals surface area (Å²) in [6, 6.07) is 12.4. The number of piperidine rings is 1. The van der Waals surface area contributed by atoms with E-state index in [2.05, 4.69) is 17.2 Å². The summed E-state index contributed by atoms with van der Waals surface area (Å²) in [5.74, 6) is 0.106. The minimum atomic E-state index is -0.312. The Labute approximate surface area is 156 Å². The molecular formula is C21H20ClFN2O. The number of carbonyl (C=O) groups excluding carboxylic acids is 1. The first-order chi connectivity index (χ1) is 12.6. The highest BCUT2D eigenvalue weighted by atomic mass is 35.5. The van der Waals surface area contributed by atoms with Gasteiger partial charge in [-0.2, -0.15) is 0 Å². The number of fused-ring (bicyclic) bond motifs is 1. The summed E-state index contributed by atoms with van der Waals surface area (Å²) in [5, 5.41) is 1.92. The highest BCUT2D eigenvalue weighted by Crippen LogP contribution is 2.34. The number of carbonyl (C=O) groups is 1. The van der Waals surface area contributed by atoms with Crippen LogP contribution in [0.5, 0.6) is 0 Å². The number of amides is 1. The third kappa shape index (κ3) is 3.34. The lowest BCUT2D eigenvalue weighted by atomic mass is 9.89. The lowest BCUT2D eigenvalue weighted by Gasteiger charge is -2.32. The molecule has 0 unspecified atom stereocenters. The predicted octanol–water partition coefficient (Wildman–Crippen LogP) is 4.91. The molecule has 1 fully saturated rings. The number of rotatable bonds is 3. The third-order valence-electron chi connectivity index (χ3n) is 5.26. The lowest BCUT2D eigenvalue weighted by Crippen LogP contribution is -2.38. The number of H-pyrrole nitrogens is 1. The first-order valence-electron chi connectivity index (χ1n) is 8.89. The molecule has 134 valence electrons. The van der Waals surface area contributed by atoms with Crippen LogP contribution in [0.2, 0.25) is 5.02 Å². The second-order valence-electron chi connectivity index (χ2n) is 6.86. The fourth-order valence-electron chi connectivity index (χ4n) is 3.82. The second-order valence-corrected chi connectivity index (χ2v) is 7.29. The molecule has 2 aromatic carbocycles. The Morgan fingerprint density at radius 2 is 1.96 bits per heavy atom.